The van der Waals surface area contributed by atoms with Crippen molar-refractivity contribution in [2.24, 2.45) is 17.6 Å². The van der Waals surface area contributed by atoms with Crippen molar-refractivity contribution in [2.45, 2.75) is 38.6 Å². The van der Waals surface area contributed by atoms with Crippen LogP contribution in [0.3, 0.4) is 0 Å². The Morgan fingerprint density at radius 1 is 1.43 bits per heavy atom. The highest BCUT2D eigenvalue weighted by atomic mass is 16.2. The van der Waals surface area contributed by atoms with Crippen LogP contribution in [0.25, 0.3) is 0 Å². The van der Waals surface area contributed by atoms with Gasteiger partial charge in [-0.1, -0.05) is 19.8 Å². The molecular formula is C11H20N2O. The second kappa shape index (κ2) is 3.89. The minimum atomic E-state index is -0.216. The van der Waals surface area contributed by atoms with E-state index in [1.165, 1.54) is 19.3 Å². The fourth-order valence-corrected chi connectivity index (χ4v) is 2.72. The summed E-state index contributed by atoms with van der Waals surface area (Å²) in [5, 5.41) is 0. The van der Waals surface area contributed by atoms with E-state index in [2.05, 4.69) is 6.92 Å². The predicted octanol–water partition coefficient (Wildman–Crippen LogP) is 0.982. The van der Waals surface area contributed by atoms with E-state index < -0.39 is 0 Å². The van der Waals surface area contributed by atoms with E-state index in [0.717, 1.165) is 31.3 Å². The molecule has 3 nitrogen and oxygen atoms in total. The fourth-order valence-electron chi connectivity index (χ4n) is 2.72. The number of rotatable bonds is 2. The molecule has 14 heavy (non-hydrogen) atoms. The summed E-state index contributed by atoms with van der Waals surface area (Å²) in [4.78, 5) is 13.6. The van der Waals surface area contributed by atoms with Crippen LogP contribution >= 0.6 is 0 Å². The Kier molecular flexibility index (Phi) is 2.77. The van der Waals surface area contributed by atoms with Crippen LogP contribution in [0.2, 0.25) is 0 Å². The van der Waals surface area contributed by atoms with Crippen LogP contribution in [0.5, 0.6) is 0 Å². The smallest absolute Gasteiger partial charge is 0.239 e. The third-order valence-corrected chi connectivity index (χ3v) is 3.83. The zero-order chi connectivity index (χ0) is 10.1. The normalized spacial score (nSPS) is 38.3. The van der Waals surface area contributed by atoms with E-state index in [4.69, 9.17) is 5.73 Å². The first-order valence-corrected chi connectivity index (χ1v) is 5.73. The topological polar surface area (TPSA) is 46.3 Å². The molecule has 0 aromatic heterocycles. The summed E-state index contributed by atoms with van der Waals surface area (Å²) in [5.41, 5.74) is 5.69. The molecule has 0 spiro atoms. The largest absolute Gasteiger partial charge is 0.341 e. The van der Waals surface area contributed by atoms with Gasteiger partial charge in [-0.25, -0.2) is 0 Å². The lowest BCUT2D eigenvalue weighted by molar-refractivity contribution is -0.129. The van der Waals surface area contributed by atoms with Crippen LogP contribution < -0.4 is 5.73 Å². The van der Waals surface area contributed by atoms with Crippen LogP contribution in [0.15, 0.2) is 0 Å². The van der Waals surface area contributed by atoms with Gasteiger partial charge >= 0.3 is 0 Å². The maximum Gasteiger partial charge on any atom is 0.239 e. The lowest BCUT2D eigenvalue weighted by Crippen LogP contribution is -2.37. The molecule has 1 saturated carbocycles. The summed E-state index contributed by atoms with van der Waals surface area (Å²) < 4.78 is 0. The minimum absolute atomic E-state index is 0.170. The van der Waals surface area contributed by atoms with Gasteiger partial charge in [-0.05, 0) is 24.7 Å². The molecule has 2 rings (SSSR count). The van der Waals surface area contributed by atoms with Gasteiger partial charge in [0.1, 0.15) is 0 Å². The Bertz CT molecular complexity index is 229. The zero-order valence-corrected chi connectivity index (χ0v) is 8.91. The molecule has 1 heterocycles. The molecule has 80 valence electrons. The Balaban J connectivity index is 1.88. The van der Waals surface area contributed by atoms with Crippen molar-refractivity contribution >= 4 is 5.91 Å². The Morgan fingerprint density at radius 3 is 2.71 bits per heavy atom. The van der Waals surface area contributed by atoms with Crippen LogP contribution in [0.1, 0.15) is 32.6 Å². The lowest BCUT2D eigenvalue weighted by atomic mass is 9.98. The number of amides is 1. The first-order valence-electron chi connectivity index (χ1n) is 5.73. The first kappa shape index (κ1) is 9.97. The summed E-state index contributed by atoms with van der Waals surface area (Å²) in [6.07, 6.45) is 4.80. The number of hydrogen-bond donors (Lipinski definition) is 1. The molecule has 2 aliphatic rings. The molecule has 3 heteroatoms. The zero-order valence-electron chi connectivity index (χ0n) is 8.91. The average molecular weight is 196 g/mol. The maximum absolute atomic E-state index is 11.6. The van der Waals surface area contributed by atoms with Gasteiger partial charge in [0.2, 0.25) is 5.91 Å². The van der Waals surface area contributed by atoms with Crippen LogP contribution in [0, 0.1) is 11.8 Å². The lowest BCUT2D eigenvalue weighted by Gasteiger charge is -2.23. The first-order chi connectivity index (χ1) is 6.68. The van der Waals surface area contributed by atoms with Gasteiger partial charge in [0.25, 0.3) is 0 Å². The van der Waals surface area contributed by atoms with Gasteiger partial charge < -0.3 is 10.6 Å². The maximum atomic E-state index is 11.6. The molecule has 3 unspecified atom stereocenters. The number of likely N-dealkylation sites (tertiary alicyclic amines) is 1. The molecule has 1 aliphatic heterocycles. The number of carbonyl (C=O) groups is 1. The van der Waals surface area contributed by atoms with E-state index in [1.807, 2.05) is 4.90 Å². The molecule has 1 aliphatic carbocycles. The van der Waals surface area contributed by atoms with E-state index in [1.54, 1.807) is 0 Å². The molecule has 1 saturated heterocycles. The monoisotopic (exact) mass is 196 g/mol. The summed E-state index contributed by atoms with van der Waals surface area (Å²) in [7, 11) is 0. The Labute approximate surface area is 85.6 Å². The summed E-state index contributed by atoms with van der Waals surface area (Å²) >= 11 is 0. The predicted molar refractivity (Wildman–Crippen MR) is 55.7 cm³/mol. The van der Waals surface area contributed by atoms with Gasteiger partial charge in [-0.3, -0.25) is 4.79 Å². The quantitative estimate of drug-likeness (QED) is 0.715. The average Bonchev–Trinajstić information content (AvgIpc) is 2.68. The highest BCUT2D eigenvalue weighted by Crippen LogP contribution is 2.32. The third kappa shape index (κ3) is 1.78. The molecule has 0 aromatic carbocycles. The van der Waals surface area contributed by atoms with Crippen LogP contribution in [0.4, 0.5) is 0 Å². The van der Waals surface area contributed by atoms with Crippen LogP contribution in [-0.2, 0) is 4.79 Å². The van der Waals surface area contributed by atoms with Crippen molar-refractivity contribution in [3.63, 3.8) is 0 Å². The van der Waals surface area contributed by atoms with Crippen molar-refractivity contribution in [3.8, 4) is 0 Å². The number of nitrogens with zero attached hydrogens (tertiary/aromatic N) is 1. The third-order valence-electron chi connectivity index (χ3n) is 3.83. The van der Waals surface area contributed by atoms with E-state index in [-0.39, 0.29) is 11.9 Å². The molecule has 0 aromatic rings. The second-order valence-electron chi connectivity index (χ2n) is 4.85. The highest BCUT2D eigenvalue weighted by Gasteiger charge is 2.32. The number of nitrogens with two attached hydrogens (primary N) is 1. The van der Waals surface area contributed by atoms with Crippen molar-refractivity contribution in [1.29, 1.82) is 0 Å². The van der Waals surface area contributed by atoms with Gasteiger partial charge in [-0.15, -0.1) is 0 Å². The van der Waals surface area contributed by atoms with Gasteiger partial charge in [0.15, 0.2) is 0 Å². The van der Waals surface area contributed by atoms with E-state index in [9.17, 15) is 4.79 Å². The molecule has 0 bridgehead atoms. The number of hydrogen-bond acceptors (Lipinski definition) is 2. The van der Waals surface area contributed by atoms with E-state index >= 15 is 0 Å². The van der Waals surface area contributed by atoms with Crippen molar-refractivity contribution in [3.05, 3.63) is 0 Å². The van der Waals surface area contributed by atoms with Crippen molar-refractivity contribution < 1.29 is 4.79 Å². The van der Waals surface area contributed by atoms with Crippen molar-refractivity contribution in [1.82, 2.24) is 4.90 Å². The minimum Gasteiger partial charge on any atom is -0.341 e. The Morgan fingerprint density at radius 2 is 2.21 bits per heavy atom. The van der Waals surface area contributed by atoms with Gasteiger partial charge in [0, 0.05) is 13.1 Å². The second-order valence-corrected chi connectivity index (χ2v) is 4.85. The molecule has 0 radical (unpaired) electrons. The van der Waals surface area contributed by atoms with Gasteiger partial charge in [0.05, 0.1) is 6.04 Å². The molecule has 3 atom stereocenters. The highest BCUT2D eigenvalue weighted by molar-refractivity contribution is 5.83. The Hall–Kier alpha value is -0.570. The van der Waals surface area contributed by atoms with Crippen molar-refractivity contribution in [2.75, 3.05) is 13.1 Å². The molecule has 2 N–H and O–H groups in total. The fraction of sp³-hybridized carbons (Fsp3) is 0.909. The number of carbonyl (C=O) groups excluding carboxylic acids is 1. The summed E-state index contributed by atoms with van der Waals surface area (Å²) in [6, 6.07) is -0.216. The summed E-state index contributed by atoms with van der Waals surface area (Å²) in [6.45, 7) is 4.13. The molecular weight excluding hydrogens is 176 g/mol. The summed E-state index contributed by atoms with van der Waals surface area (Å²) in [5.74, 6) is 1.69. The van der Waals surface area contributed by atoms with E-state index in [0.29, 0.717) is 0 Å². The SMILES string of the molecule is CC1CCCC1CN1CCC(N)C1=O. The standard InChI is InChI=1S/C11H20N2O/c1-8-3-2-4-9(8)7-13-6-5-10(12)11(13)14/h8-10H,2-7,12H2,1H3. The molecule has 1 amide bonds. The molecule has 2 fully saturated rings. The van der Waals surface area contributed by atoms with Crippen LogP contribution in [-0.4, -0.2) is 29.9 Å². The van der Waals surface area contributed by atoms with Gasteiger partial charge in [-0.2, -0.15) is 0 Å².